The maximum absolute atomic E-state index is 13.6. The normalized spacial score (nSPS) is 11.5. The van der Waals surface area contributed by atoms with E-state index in [4.69, 9.17) is 34.8 Å². The Morgan fingerprint density at radius 3 is 2.29 bits per heavy atom. The zero-order chi connectivity index (χ0) is 15.8. The number of hydrogen-bond donors (Lipinski definition) is 1. The second-order valence-corrected chi connectivity index (χ2v) is 7.61. The quantitative estimate of drug-likeness (QED) is 0.664. The molecule has 0 fully saturated rings. The first-order valence-corrected chi connectivity index (χ1v) is 8.75. The van der Waals surface area contributed by atoms with Gasteiger partial charge in [-0.1, -0.05) is 34.8 Å². The van der Waals surface area contributed by atoms with Crippen molar-refractivity contribution < 1.29 is 12.8 Å². The molecule has 2 rings (SSSR count). The minimum absolute atomic E-state index is 0.248. The highest BCUT2D eigenvalue weighted by molar-refractivity contribution is 9.10. The molecule has 1 N–H and O–H groups in total. The van der Waals surface area contributed by atoms with Gasteiger partial charge in [-0.15, -0.1) is 0 Å². The molecular formula is C12H6BrCl3FNO2S. The summed E-state index contributed by atoms with van der Waals surface area (Å²) in [5.41, 5.74) is 0.248. The predicted molar refractivity (Wildman–Crippen MR) is 86.4 cm³/mol. The van der Waals surface area contributed by atoms with Gasteiger partial charge in [0.25, 0.3) is 10.0 Å². The number of halogens is 5. The Morgan fingerprint density at radius 1 is 1.05 bits per heavy atom. The van der Waals surface area contributed by atoms with Gasteiger partial charge in [-0.3, -0.25) is 4.72 Å². The molecule has 0 amide bonds. The predicted octanol–water partition coefficient (Wildman–Crippen LogP) is 5.35. The molecule has 0 aromatic heterocycles. The molecule has 0 aliphatic rings. The highest BCUT2D eigenvalue weighted by Crippen LogP contribution is 2.31. The fraction of sp³-hybridized carbons (Fsp3) is 0. The highest BCUT2D eigenvalue weighted by Gasteiger charge is 2.22. The molecule has 0 spiro atoms. The summed E-state index contributed by atoms with van der Waals surface area (Å²) in [5.74, 6) is -0.988. The van der Waals surface area contributed by atoms with Gasteiger partial charge in [0.1, 0.15) is 4.90 Å². The molecule has 2 aromatic rings. The van der Waals surface area contributed by atoms with Crippen molar-refractivity contribution in [2.24, 2.45) is 0 Å². The van der Waals surface area contributed by atoms with Crippen molar-refractivity contribution in [3.8, 4) is 0 Å². The summed E-state index contributed by atoms with van der Waals surface area (Å²) in [5, 5.41) is -0.398. The molecular weight excluding hydrogens is 427 g/mol. The fourth-order valence-electron chi connectivity index (χ4n) is 1.49. The van der Waals surface area contributed by atoms with Gasteiger partial charge >= 0.3 is 0 Å². The number of sulfonamides is 1. The Hall–Kier alpha value is -0.530. The lowest BCUT2D eigenvalue weighted by Crippen LogP contribution is -2.14. The molecule has 0 saturated heterocycles. The average molecular weight is 434 g/mol. The Morgan fingerprint density at radius 2 is 1.67 bits per heavy atom. The summed E-state index contributed by atoms with van der Waals surface area (Å²) in [6.07, 6.45) is 0. The minimum atomic E-state index is -4.06. The maximum atomic E-state index is 13.6. The van der Waals surface area contributed by atoms with Crippen LogP contribution in [0.1, 0.15) is 0 Å². The lowest BCUT2D eigenvalue weighted by molar-refractivity contribution is 0.595. The number of rotatable bonds is 3. The molecule has 0 aliphatic carbocycles. The van der Waals surface area contributed by atoms with Crippen molar-refractivity contribution in [2.45, 2.75) is 4.90 Å². The van der Waals surface area contributed by atoms with Gasteiger partial charge in [0.2, 0.25) is 0 Å². The van der Waals surface area contributed by atoms with E-state index in [0.717, 1.165) is 12.1 Å². The van der Waals surface area contributed by atoms with Crippen LogP contribution in [0, 0.1) is 5.82 Å². The van der Waals surface area contributed by atoms with E-state index >= 15 is 0 Å². The molecule has 9 heteroatoms. The molecule has 112 valence electrons. The highest BCUT2D eigenvalue weighted by atomic mass is 79.9. The van der Waals surface area contributed by atoms with E-state index in [1.807, 2.05) is 0 Å². The maximum Gasteiger partial charge on any atom is 0.263 e. The third-order valence-corrected chi connectivity index (χ3v) is 5.87. The van der Waals surface area contributed by atoms with E-state index in [1.54, 1.807) is 0 Å². The topological polar surface area (TPSA) is 46.2 Å². The van der Waals surface area contributed by atoms with Crippen molar-refractivity contribution in [1.29, 1.82) is 0 Å². The van der Waals surface area contributed by atoms with E-state index in [2.05, 4.69) is 20.7 Å². The van der Waals surface area contributed by atoms with Crippen molar-refractivity contribution in [2.75, 3.05) is 4.72 Å². The zero-order valence-corrected chi connectivity index (χ0v) is 14.7. The van der Waals surface area contributed by atoms with Crippen LogP contribution in [0.5, 0.6) is 0 Å². The summed E-state index contributed by atoms with van der Waals surface area (Å²) < 4.78 is 40.8. The van der Waals surface area contributed by atoms with Gasteiger partial charge < -0.3 is 0 Å². The Balaban J connectivity index is 2.43. The van der Waals surface area contributed by atoms with Gasteiger partial charge in [-0.25, -0.2) is 12.8 Å². The molecule has 0 bridgehead atoms. The summed E-state index contributed by atoms with van der Waals surface area (Å²) in [6.45, 7) is 0. The van der Waals surface area contributed by atoms with Crippen LogP contribution < -0.4 is 4.72 Å². The summed E-state index contributed by atoms with van der Waals surface area (Å²) in [6, 6.07) is 6.69. The van der Waals surface area contributed by atoms with Crippen LogP contribution in [0.25, 0.3) is 0 Å². The van der Waals surface area contributed by atoms with Crippen LogP contribution in [0.4, 0.5) is 10.1 Å². The van der Waals surface area contributed by atoms with Gasteiger partial charge in [0.05, 0.1) is 20.8 Å². The molecule has 0 atom stereocenters. The van der Waals surface area contributed by atoms with Crippen LogP contribution in [-0.2, 0) is 10.0 Å². The third kappa shape index (κ3) is 3.63. The summed E-state index contributed by atoms with van der Waals surface area (Å²) >= 11 is 20.2. The van der Waals surface area contributed by atoms with Crippen LogP contribution >= 0.6 is 50.7 Å². The van der Waals surface area contributed by atoms with Gasteiger partial charge in [-0.2, -0.15) is 0 Å². The van der Waals surface area contributed by atoms with Crippen molar-refractivity contribution in [3.63, 3.8) is 0 Å². The molecule has 0 saturated carbocycles. The van der Waals surface area contributed by atoms with Crippen LogP contribution in [0.15, 0.2) is 39.7 Å². The average Bonchev–Trinajstić information content (AvgIpc) is 2.39. The largest absolute Gasteiger partial charge is 0.280 e. The lowest BCUT2D eigenvalue weighted by Gasteiger charge is -2.11. The molecule has 0 radical (unpaired) electrons. The van der Waals surface area contributed by atoms with Crippen molar-refractivity contribution >= 4 is 66.4 Å². The smallest absolute Gasteiger partial charge is 0.263 e. The number of hydrogen-bond acceptors (Lipinski definition) is 2. The molecule has 21 heavy (non-hydrogen) atoms. The standard InChI is InChI=1S/C12H6BrCl3FNO2S/c13-7-5-6(1-2-8(7)14)18-21(19,20)10-4-3-9(15)12(17)11(10)16/h1-5,18H. The first-order chi connectivity index (χ1) is 9.72. The van der Waals surface area contributed by atoms with E-state index in [9.17, 15) is 12.8 Å². The number of benzene rings is 2. The van der Waals surface area contributed by atoms with E-state index in [1.165, 1.54) is 18.2 Å². The number of nitrogens with one attached hydrogen (secondary N) is 1. The zero-order valence-electron chi connectivity index (χ0n) is 10.0. The second kappa shape index (κ2) is 6.30. The molecule has 0 aliphatic heterocycles. The fourth-order valence-corrected chi connectivity index (χ4v) is 3.78. The summed E-state index contributed by atoms with van der Waals surface area (Å²) in [7, 11) is -4.06. The summed E-state index contributed by atoms with van der Waals surface area (Å²) in [4.78, 5) is -0.405. The first kappa shape index (κ1) is 16.8. The number of anilines is 1. The molecule has 2 aromatic carbocycles. The van der Waals surface area contributed by atoms with E-state index in [-0.39, 0.29) is 10.7 Å². The van der Waals surface area contributed by atoms with Crippen molar-refractivity contribution in [3.05, 3.63) is 55.7 Å². The lowest BCUT2D eigenvalue weighted by atomic mass is 10.3. The second-order valence-electron chi connectivity index (χ2n) is 3.91. The van der Waals surface area contributed by atoms with Crippen LogP contribution in [0.2, 0.25) is 15.1 Å². The third-order valence-electron chi connectivity index (χ3n) is 2.46. The monoisotopic (exact) mass is 431 g/mol. The van der Waals surface area contributed by atoms with Gasteiger partial charge in [-0.05, 0) is 46.3 Å². The minimum Gasteiger partial charge on any atom is -0.280 e. The van der Waals surface area contributed by atoms with Gasteiger partial charge in [0.15, 0.2) is 5.82 Å². The van der Waals surface area contributed by atoms with Gasteiger partial charge in [0, 0.05) is 4.47 Å². The Labute approximate surface area is 144 Å². The van der Waals surface area contributed by atoms with Crippen LogP contribution in [0.3, 0.4) is 0 Å². The van der Waals surface area contributed by atoms with E-state index < -0.39 is 25.8 Å². The van der Waals surface area contributed by atoms with Crippen LogP contribution in [-0.4, -0.2) is 8.42 Å². The molecule has 3 nitrogen and oxygen atoms in total. The SMILES string of the molecule is O=S(=O)(Nc1ccc(Cl)c(Br)c1)c1ccc(Cl)c(F)c1Cl. The van der Waals surface area contributed by atoms with Crippen molar-refractivity contribution in [1.82, 2.24) is 0 Å². The Bertz CT molecular complexity index is 814. The molecule has 0 unspecified atom stereocenters. The molecule has 0 heterocycles. The Kier molecular flexibility index (Phi) is 5.05. The first-order valence-electron chi connectivity index (χ1n) is 5.34. The van der Waals surface area contributed by atoms with E-state index in [0.29, 0.717) is 9.50 Å².